The highest BCUT2D eigenvalue weighted by molar-refractivity contribution is 6.24. The number of piperazine rings is 1. The number of nitrogens with one attached hydrogen (secondary N) is 2. The number of halogens is 2. The lowest BCUT2D eigenvalue weighted by Crippen LogP contribution is -2.54. The number of rotatable bonds is 2. The molecule has 1 aromatic rings. The Balaban J connectivity index is 1.52. The molecule has 152 valence electrons. The Morgan fingerprint density at radius 1 is 0.966 bits per heavy atom. The molecule has 2 bridgehead atoms. The zero-order valence-corrected chi connectivity index (χ0v) is 15.3. The van der Waals surface area contributed by atoms with Crippen LogP contribution in [0.4, 0.5) is 14.5 Å². The molecule has 29 heavy (non-hydrogen) atoms. The van der Waals surface area contributed by atoms with Crippen molar-refractivity contribution in [2.24, 2.45) is 0 Å². The fourth-order valence-electron chi connectivity index (χ4n) is 4.81. The first-order valence-corrected chi connectivity index (χ1v) is 9.59. The molecule has 0 spiro atoms. The van der Waals surface area contributed by atoms with Crippen molar-refractivity contribution in [1.29, 1.82) is 0 Å². The quantitative estimate of drug-likeness (QED) is 0.689. The Morgan fingerprint density at radius 2 is 1.66 bits per heavy atom. The van der Waals surface area contributed by atoms with Crippen LogP contribution in [0.2, 0.25) is 0 Å². The second kappa shape index (κ2) is 6.31. The summed E-state index contributed by atoms with van der Waals surface area (Å²) >= 11 is 0. The van der Waals surface area contributed by atoms with E-state index in [9.17, 15) is 23.6 Å². The number of fused-ring (bicyclic) bond motifs is 3. The van der Waals surface area contributed by atoms with Crippen LogP contribution >= 0.6 is 0 Å². The van der Waals surface area contributed by atoms with Crippen molar-refractivity contribution >= 4 is 29.3 Å². The second-order valence-electron chi connectivity index (χ2n) is 7.93. The van der Waals surface area contributed by atoms with Gasteiger partial charge in [-0.25, -0.2) is 8.78 Å². The van der Waals surface area contributed by atoms with Gasteiger partial charge in [0.2, 0.25) is 11.8 Å². The third kappa shape index (κ3) is 2.65. The molecule has 3 fully saturated rings. The number of carbonyl (C=O) groups excluding carboxylic acids is 4. The van der Waals surface area contributed by atoms with Crippen molar-refractivity contribution in [3.8, 4) is 0 Å². The lowest BCUT2D eigenvalue weighted by molar-refractivity contribution is -0.136. The summed E-state index contributed by atoms with van der Waals surface area (Å²) in [6.07, 6.45) is 1.73. The van der Waals surface area contributed by atoms with Gasteiger partial charge in [-0.3, -0.25) is 29.4 Å². The highest BCUT2D eigenvalue weighted by Gasteiger charge is 2.47. The first-order valence-electron chi connectivity index (χ1n) is 9.59. The minimum absolute atomic E-state index is 0.0462. The van der Waals surface area contributed by atoms with Crippen LogP contribution in [0, 0.1) is 11.6 Å². The van der Waals surface area contributed by atoms with Gasteiger partial charge in [-0.15, -0.1) is 0 Å². The van der Waals surface area contributed by atoms with Gasteiger partial charge in [0.25, 0.3) is 11.8 Å². The van der Waals surface area contributed by atoms with Gasteiger partial charge in [-0.2, -0.15) is 0 Å². The molecule has 4 heterocycles. The summed E-state index contributed by atoms with van der Waals surface area (Å²) in [6.45, 7) is 0.810. The first kappa shape index (κ1) is 18.2. The number of amides is 4. The van der Waals surface area contributed by atoms with E-state index >= 15 is 4.39 Å². The SMILES string of the molecule is O=C1CCC(N2C(=O)c3cc(F)c(N4CC5CCC(C4)N5)c(F)c3C2=O)C(=O)N1. The minimum Gasteiger partial charge on any atom is -0.364 e. The van der Waals surface area contributed by atoms with Gasteiger partial charge in [0.05, 0.1) is 11.1 Å². The topological polar surface area (TPSA) is 98.8 Å². The van der Waals surface area contributed by atoms with E-state index in [4.69, 9.17) is 0 Å². The molecule has 3 saturated heterocycles. The summed E-state index contributed by atoms with van der Waals surface area (Å²) in [5.74, 6) is -5.19. The number of hydrogen-bond acceptors (Lipinski definition) is 6. The molecule has 8 nitrogen and oxygen atoms in total. The van der Waals surface area contributed by atoms with Crippen LogP contribution in [0.3, 0.4) is 0 Å². The zero-order chi connectivity index (χ0) is 20.4. The summed E-state index contributed by atoms with van der Waals surface area (Å²) in [6, 6.07) is -0.0960. The average molecular weight is 404 g/mol. The highest BCUT2D eigenvalue weighted by Crippen LogP contribution is 2.37. The Bertz CT molecular complexity index is 969. The van der Waals surface area contributed by atoms with Crippen molar-refractivity contribution < 1.29 is 28.0 Å². The average Bonchev–Trinajstić information content (AvgIpc) is 3.12. The molecule has 4 aliphatic rings. The summed E-state index contributed by atoms with van der Waals surface area (Å²) in [4.78, 5) is 51.3. The fourth-order valence-corrected chi connectivity index (χ4v) is 4.81. The minimum atomic E-state index is -1.22. The number of piperidine rings is 1. The van der Waals surface area contributed by atoms with E-state index in [1.165, 1.54) is 0 Å². The normalized spacial score (nSPS) is 28.8. The van der Waals surface area contributed by atoms with E-state index < -0.39 is 52.4 Å². The molecule has 3 atom stereocenters. The molecule has 0 radical (unpaired) electrons. The molecule has 0 aromatic heterocycles. The fraction of sp³-hybridized carbons (Fsp3) is 0.474. The molecule has 5 rings (SSSR count). The summed E-state index contributed by atoms with van der Waals surface area (Å²) < 4.78 is 30.2. The van der Waals surface area contributed by atoms with Crippen LogP contribution in [0.5, 0.6) is 0 Å². The van der Waals surface area contributed by atoms with Crippen LogP contribution < -0.4 is 15.5 Å². The highest BCUT2D eigenvalue weighted by atomic mass is 19.1. The number of benzene rings is 1. The monoisotopic (exact) mass is 404 g/mol. The lowest BCUT2D eigenvalue weighted by atomic mass is 10.0. The smallest absolute Gasteiger partial charge is 0.265 e. The largest absolute Gasteiger partial charge is 0.364 e. The molecule has 10 heteroatoms. The van der Waals surface area contributed by atoms with Crippen LogP contribution in [0.1, 0.15) is 46.4 Å². The molecular weight excluding hydrogens is 386 g/mol. The van der Waals surface area contributed by atoms with Gasteiger partial charge >= 0.3 is 0 Å². The van der Waals surface area contributed by atoms with Gasteiger partial charge in [-0.1, -0.05) is 0 Å². The van der Waals surface area contributed by atoms with Gasteiger partial charge < -0.3 is 10.2 Å². The Morgan fingerprint density at radius 3 is 2.31 bits per heavy atom. The maximum absolute atomic E-state index is 15.4. The Hall–Kier alpha value is -2.88. The van der Waals surface area contributed by atoms with E-state index in [-0.39, 0.29) is 30.6 Å². The van der Waals surface area contributed by atoms with Crippen LogP contribution in [0.25, 0.3) is 0 Å². The van der Waals surface area contributed by atoms with Crippen LogP contribution in [-0.2, 0) is 9.59 Å². The first-order chi connectivity index (χ1) is 13.8. The Labute approximate surface area is 164 Å². The van der Waals surface area contributed by atoms with Crippen molar-refractivity contribution in [3.63, 3.8) is 0 Å². The van der Waals surface area contributed by atoms with Crippen molar-refractivity contribution in [3.05, 3.63) is 28.8 Å². The molecule has 4 amide bonds. The number of anilines is 1. The predicted molar refractivity (Wildman–Crippen MR) is 95.2 cm³/mol. The number of carbonyl (C=O) groups is 4. The van der Waals surface area contributed by atoms with Crippen molar-refractivity contribution in [2.45, 2.75) is 43.8 Å². The van der Waals surface area contributed by atoms with Gasteiger partial charge in [-0.05, 0) is 25.3 Å². The van der Waals surface area contributed by atoms with E-state index in [1.54, 1.807) is 4.90 Å². The van der Waals surface area contributed by atoms with E-state index in [0.717, 1.165) is 18.9 Å². The van der Waals surface area contributed by atoms with E-state index in [1.807, 2.05) is 0 Å². The van der Waals surface area contributed by atoms with Crippen molar-refractivity contribution in [1.82, 2.24) is 15.5 Å². The summed E-state index contributed by atoms with van der Waals surface area (Å²) in [5, 5.41) is 5.44. The maximum Gasteiger partial charge on any atom is 0.265 e. The van der Waals surface area contributed by atoms with Crippen LogP contribution in [0.15, 0.2) is 6.07 Å². The maximum atomic E-state index is 15.4. The molecule has 2 N–H and O–H groups in total. The van der Waals surface area contributed by atoms with E-state index in [2.05, 4.69) is 10.6 Å². The number of imide groups is 2. The third-order valence-electron chi connectivity index (χ3n) is 6.13. The van der Waals surface area contributed by atoms with Gasteiger partial charge in [0.15, 0.2) is 5.82 Å². The molecule has 0 saturated carbocycles. The zero-order valence-electron chi connectivity index (χ0n) is 15.3. The predicted octanol–water partition coefficient (Wildman–Crippen LogP) is 0.307. The molecule has 0 aliphatic carbocycles. The molecule has 1 aromatic carbocycles. The number of nitrogens with zero attached hydrogens (tertiary/aromatic N) is 2. The number of hydrogen-bond donors (Lipinski definition) is 2. The van der Waals surface area contributed by atoms with E-state index in [0.29, 0.717) is 18.0 Å². The van der Waals surface area contributed by atoms with Crippen molar-refractivity contribution in [2.75, 3.05) is 18.0 Å². The Kier molecular flexibility index (Phi) is 3.95. The summed E-state index contributed by atoms with van der Waals surface area (Å²) in [7, 11) is 0. The molecular formula is C19H18F2N4O4. The lowest BCUT2D eigenvalue weighted by Gasteiger charge is -2.35. The molecule has 4 aliphatic heterocycles. The molecule has 3 unspecified atom stereocenters. The van der Waals surface area contributed by atoms with Gasteiger partial charge in [0.1, 0.15) is 17.5 Å². The summed E-state index contributed by atoms with van der Waals surface area (Å²) in [5.41, 5.74) is -1.22. The standard InChI is InChI=1S/C19H18F2N4O4/c20-11-5-10-14(15(21)16(11)24-6-8-1-2-9(7-24)22-8)19(29)25(18(10)28)12-3-4-13(26)23-17(12)27/h5,8-9,12,22H,1-4,6-7H2,(H,23,26,27). The second-order valence-corrected chi connectivity index (χ2v) is 7.93. The third-order valence-corrected chi connectivity index (χ3v) is 6.13. The van der Waals surface area contributed by atoms with Crippen LogP contribution in [-0.4, -0.2) is 59.7 Å². The van der Waals surface area contributed by atoms with Gasteiger partial charge in [0, 0.05) is 31.6 Å².